The molecule has 10 saturated carbocycles. The molecule has 682 valence electrons. The van der Waals surface area contributed by atoms with Crippen LogP contribution in [0.25, 0.3) is 0 Å². The number of halogens is 1. The molecule has 0 radical (unpaired) electrons. The Kier molecular flexibility index (Phi) is 34.2. The molecule has 21 atom stereocenters. The van der Waals surface area contributed by atoms with Gasteiger partial charge in [-0.15, -0.1) is 0 Å². The standard InChI is InChI=1S/C27H40O3S.2C26H40O3S.C25H37FO3S2/c1-19-9-12-23(28)18-22(19)11-10-21-8-7-16-27(5)24(13-14-25(21)27)20(2)15-17-26(3,4)31(6,29)30;2*1-18-9-13-23(27)17-22(18)12-11-21-7-6-16-26(4)24(14-15-25(21)26)19(2)8-10-20(3)30(5,28)29;1-18-8-11-22(27)17-21(18)10-9-20-7-6-15-25(3)23(12-13-24(20)25)19(2)14-16-30(4,26)31(5,28)29/h10-11,13,15,17,20,23,25,28H,1,7-9,12,14,16,18H2,2-6H3;2*8,10-12,19-20,23-25,27H,1,6-7,9,13-17H2,2-5H3;9-10,12,14,16,19,22,24,27H,1,6-8,11,13,15,17H2,2-5H3/b17-15+,21-10+,22-11-;2*10-8+,21-11+,22-12-;16-14+,20-9+,21-10-/t20-,23+,25+,27-;19?,20-,23+,24?,25+,26-;19?,20-,23-,24?,25-,26+;19-,22+,24+,25?/m1101/s1. The van der Waals surface area contributed by atoms with E-state index in [0.29, 0.717) is 60.2 Å². The van der Waals surface area contributed by atoms with Crippen LogP contribution in [0.2, 0.25) is 0 Å². The van der Waals surface area contributed by atoms with Crippen LogP contribution in [0, 0.1) is 80.8 Å². The molecule has 10 fully saturated rings. The summed E-state index contributed by atoms with van der Waals surface area (Å²) in [5.74, 6) is 4.33. The zero-order valence-corrected chi connectivity index (χ0v) is 81.7. The molecule has 4 N–H and O–H groups in total. The molecule has 0 heterocycles. The van der Waals surface area contributed by atoms with Crippen molar-refractivity contribution in [2.24, 2.45) is 80.8 Å². The second-order valence-electron chi connectivity index (χ2n) is 41.1. The lowest BCUT2D eigenvalue weighted by Gasteiger charge is -2.44. The summed E-state index contributed by atoms with van der Waals surface area (Å²) in [6, 6.07) is 0. The van der Waals surface area contributed by atoms with E-state index >= 15 is 0 Å². The summed E-state index contributed by atoms with van der Waals surface area (Å²) >= 11 is 0. The van der Waals surface area contributed by atoms with E-state index in [4.69, 9.17) is 0 Å². The maximum absolute atomic E-state index is 14.6. The Morgan fingerprint density at radius 1 is 0.410 bits per heavy atom. The summed E-state index contributed by atoms with van der Waals surface area (Å²) in [5.41, 5.74) is 19.0. The van der Waals surface area contributed by atoms with Crippen LogP contribution in [-0.2, 0) is 38.4 Å². The highest BCUT2D eigenvalue weighted by molar-refractivity contribution is 8.89. The summed E-state index contributed by atoms with van der Waals surface area (Å²) in [7, 11) is -16.2. The molecule has 12 nitrogen and oxygen atoms in total. The number of aliphatic hydroxyl groups excluding tert-OH is 4. The fourth-order valence-electron chi connectivity index (χ4n) is 23.3. The number of sulfone groups is 3. The van der Waals surface area contributed by atoms with Crippen molar-refractivity contribution in [3.05, 3.63) is 213 Å². The largest absolute Gasteiger partial charge is 0.393 e. The van der Waals surface area contributed by atoms with Crippen LogP contribution in [0.5, 0.6) is 0 Å². The van der Waals surface area contributed by atoms with E-state index in [1.165, 1.54) is 163 Å². The van der Waals surface area contributed by atoms with Crippen molar-refractivity contribution in [1.82, 2.24) is 0 Å². The minimum absolute atomic E-state index is 0.00491. The van der Waals surface area contributed by atoms with Crippen molar-refractivity contribution in [2.75, 3.05) is 31.3 Å². The van der Waals surface area contributed by atoms with E-state index in [9.17, 15) is 58.0 Å². The quantitative estimate of drug-likeness (QED) is 0.0661. The molecule has 12 aliphatic carbocycles. The molecule has 12 rings (SSSR count). The fraction of sp³-hybridized carbons (Fsp3) is 0.654. The smallest absolute Gasteiger partial charge is 0.209 e. The third-order valence-electron chi connectivity index (χ3n) is 32.0. The van der Waals surface area contributed by atoms with Crippen molar-refractivity contribution in [1.29, 1.82) is 0 Å². The van der Waals surface area contributed by atoms with E-state index in [1.54, 1.807) is 44.9 Å². The Labute approximate surface area is 740 Å². The zero-order valence-electron chi connectivity index (χ0n) is 77.6. The van der Waals surface area contributed by atoms with E-state index in [1.807, 2.05) is 25.2 Å². The van der Waals surface area contributed by atoms with Gasteiger partial charge in [0, 0.05) is 40.7 Å². The van der Waals surface area contributed by atoms with E-state index in [-0.39, 0.29) is 57.9 Å². The van der Waals surface area contributed by atoms with Gasteiger partial charge in [-0.3, -0.25) is 0 Å². The molecule has 0 bridgehead atoms. The number of aliphatic hydroxyl groups is 4. The first-order valence-corrected chi connectivity index (χ1v) is 56.4. The lowest BCUT2D eigenvalue weighted by atomic mass is 9.61. The molecule has 0 aliphatic heterocycles. The monoisotopic (exact) mass is 1780 g/mol. The molecule has 122 heavy (non-hydrogen) atoms. The van der Waals surface area contributed by atoms with E-state index in [2.05, 4.69) is 154 Å². The molecule has 0 aromatic carbocycles. The van der Waals surface area contributed by atoms with Crippen LogP contribution in [0.15, 0.2) is 213 Å². The normalized spacial score (nSPS) is 36.3. The fourth-order valence-corrected chi connectivity index (χ4v) is 25.9. The van der Waals surface area contributed by atoms with E-state index in [0.717, 1.165) is 120 Å². The number of hydrogen-bond donors (Lipinski definition) is 4. The van der Waals surface area contributed by atoms with Crippen molar-refractivity contribution in [3.63, 3.8) is 0 Å². The molecule has 18 heteroatoms. The van der Waals surface area contributed by atoms with Gasteiger partial charge in [0.05, 0.1) is 39.7 Å². The number of rotatable bonds is 20. The van der Waals surface area contributed by atoms with Gasteiger partial charge in [-0.1, -0.05) is 241 Å². The van der Waals surface area contributed by atoms with Crippen LogP contribution in [0.1, 0.15) is 276 Å². The highest BCUT2D eigenvalue weighted by atomic mass is 33.2. The highest BCUT2D eigenvalue weighted by Gasteiger charge is 2.53. The molecule has 0 saturated heterocycles. The second-order valence-corrected chi connectivity index (χ2v) is 55.5. The third kappa shape index (κ3) is 24.6. The van der Waals surface area contributed by atoms with Gasteiger partial charge in [-0.25, -0.2) is 33.7 Å². The van der Waals surface area contributed by atoms with Crippen LogP contribution >= 0.6 is 9.45 Å². The van der Waals surface area contributed by atoms with Crippen LogP contribution in [0.3, 0.4) is 0 Å². The van der Waals surface area contributed by atoms with Crippen LogP contribution in [-0.4, -0.2) is 125 Å². The van der Waals surface area contributed by atoms with Gasteiger partial charge in [0.15, 0.2) is 29.5 Å². The van der Waals surface area contributed by atoms with Crippen LogP contribution < -0.4 is 0 Å². The van der Waals surface area contributed by atoms with Crippen LogP contribution in [0.4, 0.5) is 3.89 Å². The third-order valence-corrected chi connectivity index (χ3v) is 42.7. The lowest BCUT2D eigenvalue weighted by molar-refractivity contribution is 0.112. The summed E-state index contributed by atoms with van der Waals surface area (Å²) in [5, 5.41) is 40.5. The Balaban J connectivity index is 0.000000185. The number of hydrogen-bond acceptors (Lipinski definition) is 12. The van der Waals surface area contributed by atoms with Crippen molar-refractivity contribution >= 4 is 47.8 Å². The summed E-state index contributed by atoms with van der Waals surface area (Å²) < 4.78 is 108. The van der Waals surface area contributed by atoms with Gasteiger partial charge < -0.3 is 20.4 Å². The number of allylic oxidation sites excluding steroid dienone is 24. The van der Waals surface area contributed by atoms with Gasteiger partial charge in [0.25, 0.3) is 0 Å². The molecule has 0 aromatic rings. The average Bonchev–Trinajstić information content (AvgIpc) is 1.62. The molecular formula is C104H157FO12S5. The van der Waals surface area contributed by atoms with Gasteiger partial charge >= 0.3 is 0 Å². The highest BCUT2D eigenvalue weighted by Crippen LogP contribution is 2.63. The molecule has 6 unspecified atom stereocenters. The first-order valence-electron chi connectivity index (χ1n) is 46.2. The van der Waals surface area contributed by atoms with Gasteiger partial charge in [-0.05, 0) is 329 Å². The summed E-state index contributed by atoms with van der Waals surface area (Å²) in [4.78, 5) is 0. The average molecular weight is 1780 g/mol. The topological polar surface area (TPSA) is 217 Å². The minimum atomic E-state index is -3.73. The minimum Gasteiger partial charge on any atom is -0.393 e. The van der Waals surface area contributed by atoms with Gasteiger partial charge in [-0.2, -0.15) is 3.89 Å². The zero-order chi connectivity index (χ0) is 90.3. The van der Waals surface area contributed by atoms with Crippen molar-refractivity contribution in [2.45, 2.75) is 315 Å². The maximum Gasteiger partial charge on any atom is 0.209 e. The first-order chi connectivity index (χ1) is 56.7. The molecule has 0 amide bonds. The summed E-state index contributed by atoms with van der Waals surface area (Å²) in [6.07, 6.45) is 72.3. The maximum atomic E-state index is 14.6. The summed E-state index contributed by atoms with van der Waals surface area (Å²) in [6.45, 7) is 42.2. The van der Waals surface area contributed by atoms with Gasteiger partial charge in [0.1, 0.15) is 0 Å². The Morgan fingerprint density at radius 3 is 1.02 bits per heavy atom. The Morgan fingerprint density at radius 2 is 0.713 bits per heavy atom. The van der Waals surface area contributed by atoms with Crippen molar-refractivity contribution < 1.29 is 58.0 Å². The van der Waals surface area contributed by atoms with E-state index < -0.39 is 63.1 Å². The second kappa shape index (κ2) is 41.3. The molecule has 0 spiro atoms. The lowest BCUT2D eigenvalue weighted by Crippen LogP contribution is -2.35. The Hall–Kier alpha value is -4.76. The van der Waals surface area contributed by atoms with Gasteiger partial charge in [0.2, 0.25) is 8.87 Å². The van der Waals surface area contributed by atoms with Crippen molar-refractivity contribution in [3.8, 4) is 0 Å². The SMILES string of the molecule is C=C1CC[C@H](O)C/C1=C/C=C1\CCCC2(C)C([C@H](C)/C=C/S(C)(F)S(C)(=O)=O)=CC[C@@H]12.C=C1CC[C@H](O)C/C1=C/C=C1\CCC[C@]2(C)C(C(C)/C=C/[C@@H](C)S(C)(=O)=O)CC[C@@H]12.C=C1CC[C@H](O)C/C1=C/C=C1\CCC[C@]2(C)C(C(C)/C=C/[C@H](C)S(C)(=O)=O)CC[C@@H]12.C=C1CC[C@H](O)C/C1=C/C=C1\CCC[C@]2(C)C([C@H](C)/C=C/C(C)(C)S(C)(=O)=O)=CC[C@@H]12. The Bertz CT molecular complexity index is 4490. The molecular weight excluding hydrogens is 1620 g/mol. The predicted octanol–water partition coefficient (Wildman–Crippen LogP) is 24.2. The predicted molar refractivity (Wildman–Crippen MR) is 514 cm³/mol. The molecule has 12 aliphatic rings. The number of fused-ring (bicyclic) bond motifs is 4. The molecule has 0 aromatic heterocycles. The first kappa shape index (κ1) is 101.